The van der Waals surface area contributed by atoms with Gasteiger partial charge in [-0.1, -0.05) is 12.2 Å². The standard InChI is InChI=1S/C14H19BrFN3S/c1-18-7-5-9(6-8-18)19(2)11-4-3-10(14(17)20)12(15)13(11)16/h3-4,9H,5-8H2,1-2H3,(H2,17,20). The SMILES string of the molecule is CN1CCC(N(C)c2ccc(C(N)=S)c(Br)c2F)CC1. The van der Waals surface area contributed by atoms with Crippen molar-refractivity contribution in [3.05, 3.63) is 28.0 Å². The van der Waals surface area contributed by atoms with E-state index in [2.05, 4.69) is 27.9 Å². The molecule has 0 saturated carbocycles. The number of nitrogens with two attached hydrogens (primary N) is 1. The summed E-state index contributed by atoms with van der Waals surface area (Å²) in [4.78, 5) is 4.52. The second kappa shape index (κ2) is 6.37. The van der Waals surface area contributed by atoms with Crippen LogP contribution in [0.2, 0.25) is 0 Å². The van der Waals surface area contributed by atoms with Crippen molar-refractivity contribution in [3.63, 3.8) is 0 Å². The van der Waals surface area contributed by atoms with Crippen LogP contribution < -0.4 is 10.6 Å². The highest BCUT2D eigenvalue weighted by Gasteiger charge is 2.24. The Morgan fingerprint density at radius 1 is 1.45 bits per heavy atom. The molecule has 0 amide bonds. The molecule has 1 aromatic rings. The smallest absolute Gasteiger partial charge is 0.161 e. The van der Waals surface area contributed by atoms with Crippen LogP contribution in [0.1, 0.15) is 18.4 Å². The minimum Gasteiger partial charge on any atom is -0.389 e. The Bertz CT molecular complexity index is 515. The second-order valence-corrected chi connectivity index (χ2v) is 6.50. The second-order valence-electron chi connectivity index (χ2n) is 5.27. The summed E-state index contributed by atoms with van der Waals surface area (Å²) in [5.41, 5.74) is 6.71. The van der Waals surface area contributed by atoms with Crippen LogP contribution in [0.5, 0.6) is 0 Å². The van der Waals surface area contributed by atoms with Crippen LogP contribution in [-0.4, -0.2) is 43.1 Å². The van der Waals surface area contributed by atoms with Crippen molar-refractivity contribution in [2.24, 2.45) is 5.73 Å². The minimum absolute atomic E-state index is 0.198. The molecule has 20 heavy (non-hydrogen) atoms. The predicted octanol–water partition coefficient (Wildman–Crippen LogP) is 2.75. The Morgan fingerprint density at radius 3 is 2.60 bits per heavy atom. The van der Waals surface area contributed by atoms with E-state index in [4.69, 9.17) is 18.0 Å². The van der Waals surface area contributed by atoms with E-state index in [1.165, 1.54) is 0 Å². The first kappa shape index (κ1) is 15.7. The van der Waals surface area contributed by atoms with Crippen LogP contribution >= 0.6 is 28.1 Å². The first-order chi connectivity index (χ1) is 9.41. The molecule has 0 aromatic heterocycles. The van der Waals surface area contributed by atoms with E-state index >= 15 is 0 Å². The van der Waals surface area contributed by atoms with Crippen molar-refractivity contribution in [1.29, 1.82) is 0 Å². The highest BCUT2D eigenvalue weighted by molar-refractivity contribution is 9.10. The Kier molecular flexibility index (Phi) is 4.99. The van der Waals surface area contributed by atoms with Crippen LogP contribution in [0.25, 0.3) is 0 Å². The molecule has 2 N–H and O–H groups in total. The molecule has 0 spiro atoms. The van der Waals surface area contributed by atoms with Gasteiger partial charge in [0.1, 0.15) is 4.99 Å². The van der Waals surface area contributed by atoms with E-state index in [0.717, 1.165) is 25.9 Å². The first-order valence-corrected chi connectivity index (χ1v) is 7.81. The maximum absolute atomic E-state index is 14.5. The van der Waals surface area contributed by atoms with Gasteiger partial charge in [-0.15, -0.1) is 0 Å². The summed E-state index contributed by atoms with van der Waals surface area (Å²) >= 11 is 8.17. The summed E-state index contributed by atoms with van der Waals surface area (Å²) in [6.07, 6.45) is 2.09. The fraction of sp³-hybridized carbons (Fsp3) is 0.500. The number of thiocarbonyl (C=S) groups is 1. The third-order valence-electron chi connectivity index (χ3n) is 3.94. The van der Waals surface area contributed by atoms with Gasteiger partial charge in [0.15, 0.2) is 5.82 Å². The van der Waals surface area contributed by atoms with Crippen molar-refractivity contribution in [3.8, 4) is 0 Å². The summed E-state index contributed by atoms with van der Waals surface area (Å²) in [5, 5.41) is 0. The monoisotopic (exact) mass is 359 g/mol. The van der Waals surface area contributed by atoms with E-state index in [-0.39, 0.29) is 10.8 Å². The molecule has 1 aromatic carbocycles. The van der Waals surface area contributed by atoms with Gasteiger partial charge in [0, 0.05) is 18.7 Å². The van der Waals surface area contributed by atoms with Gasteiger partial charge in [0.05, 0.1) is 10.2 Å². The van der Waals surface area contributed by atoms with Crippen molar-refractivity contribution >= 4 is 38.8 Å². The molecule has 0 radical (unpaired) electrons. The summed E-state index contributed by atoms with van der Waals surface area (Å²) < 4.78 is 14.8. The fourth-order valence-corrected chi connectivity index (χ4v) is 3.43. The van der Waals surface area contributed by atoms with E-state index in [1.54, 1.807) is 12.1 Å². The Balaban J connectivity index is 2.24. The highest BCUT2D eigenvalue weighted by atomic mass is 79.9. The molecule has 6 heteroatoms. The van der Waals surface area contributed by atoms with E-state index < -0.39 is 0 Å². The third kappa shape index (κ3) is 3.13. The molecule has 0 atom stereocenters. The van der Waals surface area contributed by atoms with Crippen molar-refractivity contribution < 1.29 is 4.39 Å². The summed E-state index contributed by atoms with van der Waals surface area (Å²) in [5.74, 6) is -0.295. The zero-order chi connectivity index (χ0) is 14.9. The normalized spacial score (nSPS) is 17.2. The minimum atomic E-state index is -0.295. The van der Waals surface area contributed by atoms with Crippen molar-refractivity contribution in [1.82, 2.24) is 4.90 Å². The van der Waals surface area contributed by atoms with E-state index in [0.29, 0.717) is 21.8 Å². The average molecular weight is 360 g/mol. The quantitative estimate of drug-likeness (QED) is 0.841. The lowest BCUT2D eigenvalue weighted by Gasteiger charge is -2.36. The molecule has 2 rings (SSSR count). The van der Waals surface area contributed by atoms with Gasteiger partial charge in [-0.2, -0.15) is 0 Å². The Hall–Kier alpha value is -0.720. The number of benzene rings is 1. The van der Waals surface area contributed by atoms with Gasteiger partial charge in [-0.05, 0) is 61.0 Å². The topological polar surface area (TPSA) is 32.5 Å². The molecule has 1 aliphatic rings. The number of piperidine rings is 1. The summed E-state index contributed by atoms with van der Waals surface area (Å²) in [7, 11) is 4.06. The molecule has 1 saturated heterocycles. The Morgan fingerprint density at radius 2 is 2.05 bits per heavy atom. The van der Waals surface area contributed by atoms with Crippen LogP contribution in [0.3, 0.4) is 0 Å². The van der Waals surface area contributed by atoms with Gasteiger partial charge in [-0.3, -0.25) is 0 Å². The Labute approximate surface area is 133 Å². The zero-order valence-corrected chi connectivity index (χ0v) is 14.1. The van der Waals surface area contributed by atoms with Gasteiger partial charge >= 0.3 is 0 Å². The van der Waals surface area contributed by atoms with Crippen LogP contribution in [0.4, 0.5) is 10.1 Å². The summed E-state index contributed by atoms with van der Waals surface area (Å²) in [6, 6.07) is 3.90. The number of halogens is 2. The maximum atomic E-state index is 14.5. The molecular formula is C14H19BrFN3S. The van der Waals surface area contributed by atoms with Crippen molar-refractivity contribution in [2.75, 3.05) is 32.1 Å². The number of rotatable bonds is 3. The molecular weight excluding hydrogens is 341 g/mol. The van der Waals surface area contributed by atoms with Crippen LogP contribution in [0, 0.1) is 5.82 Å². The zero-order valence-electron chi connectivity index (χ0n) is 11.7. The fourth-order valence-electron chi connectivity index (χ4n) is 2.58. The van der Waals surface area contributed by atoms with Crippen LogP contribution in [0.15, 0.2) is 16.6 Å². The molecule has 110 valence electrons. The van der Waals surface area contributed by atoms with Gasteiger partial charge in [-0.25, -0.2) is 4.39 Å². The predicted molar refractivity (Wildman–Crippen MR) is 88.9 cm³/mol. The molecule has 3 nitrogen and oxygen atoms in total. The van der Waals surface area contributed by atoms with Crippen LogP contribution in [-0.2, 0) is 0 Å². The lowest BCUT2D eigenvalue weighted by Crippen LogP contribution is -2.42. The van der Waals surface area contributed by atoms with E-state index in [1.807, 2.05) is 11.9 Å². The molecule has 0 aliphatic carbocycles. The van der Waals surface area contributed by atoms with Gasteiger partial charge in [0.25, 0.3) is 0 Å². The first-order valence-electron chi connectivity index (χ1n) is 6.61. The number of likely N-dealkylation sites (tertiary alicyclic amines) is 1. The number of nitrogens with zero attached hydrogens (tertiary/aromatic N) is 2. The molecule has 1 fully saturated rings. The molecule has 0 unspecified atom stereocenters. The molecule has 0 bridgehead atoms. The maximum Gasteiger partial charge on any atom is 0.161 e. The summed E-state index contributed by atoms with van der Waals surface area (Å²) in [6.45, 7) is 2.09. The number of hydrogen-bond donors (Lipinski definition) is 1. The number of anilines is 1. The molecule has 1 aliphatic heterocycles. The highest BCUT2D eigenvalue weighted by Crippen LogP contribution is 2.31. The average Bonchev–Trinajstić information content (AvgIpc) is 2.41. The lowest BCUT2D eigenvalue weighted by atomic mass is 10.0. The number of hydrogen-bond acceptors (Lipinski definition) is 3. The van der Waals surface area contributed by atoms with Crippen molar-refractivity contribution in [2.45, 2.75) is 18.9 Å². The van der Waals surface area contributed by atoms with Gasteiger partial charge in [0.2, 0.25) is 0 Å². The molecule has 1 heterocycles. The van der Waals surface area contributed by atoms with Gasteiger partial charge < -0.3 is 15.5 Å². The largest absolute Gasteiger partial charge is 0.389 e. The lowest BCUT2D eigenvalue weighted by molar-refractivity contribution is 0.252. The third-order valence-corrected chi connectivity index (χ3v) is 4.94. The van der Waals surface area contributed by atoms with E-state index in [9.17, 15) is 4.39 Å².